The largest absolute Gasteiger partial charge is 0.453 e. The van der Waals surface area contributed by atoms with Gasteiger partial charge in [0.05, 0.1) is 0 Å². The van der Waals surface area contributed by atoms with Gasteiger partial charge in [0.15, 0.2) is 5.76 Å². The first-order chi connectivity index (χ1) is 9.36. The zero-order valence-corrected chi connectivity index (χ0v) is 10.5. The van der Waals surface area contributed by atoms with E-state index in [0.29, 0.717) is 18.1 Å². The molecule has 0 bridgehead atoms. The lowest BCUT2D eigenvalue weighted by Crippen LogP contribution is -2.00. The van der Waals surface area contributed by atoms with Crippen molar-refractivity contribution in [3.63, 3.8) is 0 Å². The van der Waals surface area contributed by atoms with Gasteiger partial charge in [-0.3, -0.25) is 0 Å². The van der Waals surface area contributed by atoms with Crippen LogP contribution >= 0.6 is 0 Å². The number of fused-ring (bicyclic) bond motifs is 1. The minimum atomic E-state index is 0.446. The van der Waals surface area contributed by atoms with E-state index >= 15 is 0 Å². The molecule has 0 aliphatic heterocycles. The smallest absolute Gasteiger partial charge is 0.240 e. The summed E-state index contributed by atoms with van der Waals surface area (Å²) in [7, 11) is 0. The van der Waals surface area contributed by atoms with Crippen molar-refractivity contribution in [1.29, 1.82) is 0 Å². The number of rotatable bonds is 2. The SMILES string of the molecule is CCC#CCn1nnc(-c2cc3ccccc3o2)n1. The normalized spacial score (nSPS) is 10.4. The fraction of sp³-hybridized carbons (Fsp3) is 0.214. The molecule has 0 atom stereocenters. The number of aromatic nitrogens is 4. The molecule has 1 aromatic carbocycles. The van der Waals surface area contributed by atoms with E-state index in [1.165, 1.54) is 4.80 Å². The average molecular weight is 252 g/mol. The van der Waals surface area contributed by atoms with Crippen molar-refractivity contribution in [3.05, 3.63) is 30.3 Å². The van der Waals surface area contributed by atoms with Gasteiger partial charge in [-0.25, -0.2) is 0 Å². The highest BCUT2D eigenvalue weighted by Crippen LogP contribution is 2.24. The van der Waals surface area contributed by atoms with Crippen LogP contribution in [-0.4, -0.2) is 20.2 Å². The van der Waals surface area contributed by atoms with E-state index in [0.717, 1.165) is 17.4 Å². The van der Waals surface area contributed by atoms with Crippen molar-refractivity contribution >= 4 is 11.0 Å². The summed E-state index contributed by atoms with van der Waals surface area (Å²) in [4.78, 5) is 1.46. The Labute approximate surface area is 110 Å². The van der Waals surface area contributed by atoms with Crippen LogP contribution in [0.25, 0.3) is 22.6 Å². The Bertz CT molecular complexity index is 727. The van der Waals surface area contributed by atoms with Gasteiger partial charge in [-0.1, -0.05) is 31.0 Å². The highest BCUT2D eigenvalue weighted by atomic mass is 16.3. The topological polar surface area (TPSA) is 56.7 Å². The van der Waals surface area contributed by atoms with E-state index in [2.05, 4.69) is 27.3 Å². The highest BCUT2D eigenvalue weighted by Gasteiger charge is 2.11. The van der Waals surface area contributed by atoms with E-state index in [9.17, 15) is 0 Å². The first kappa shape index (κ1) is 11.5. The lowest BCUT2D eigenvalue weighted by molar-refractivity contribution is 0.589. The molecule has 3 aromatic rings. The van der Waals surface area contributed by atoms with Crippen molar-refractivity contribution in [1.82, 2.24) is 20.2 Å². The quantitative estimate of drug-likeness (QED) is 0.657. The summed E-state index contributed by atoms with van der Waals surface area (Å²) in [5, 5.41) is 13.2. The number of furan rings is 1. The Kier molecular flexibility index (Phi) is 2.99. The van der Waals surface area contributed by atoms with Crippen LogP contribution in [0.2, 0.25) is 0 Å². The average Bonchev–Trinajstić information content (AvgIpc) is 3.04. The molecule has 0 spiro atoms. The van der Waals surface area contributed by atoms with Crippen LogP contribution in [0.3, 0.4) is 0 Å². The number of para-hydroxylation sites is 1. The molecule has 2 aromatic heterocycles. The van der Waals surface area contributed by atoms with Gasteiger partial charge in [0.1, 0.15) is 12.1 Å². The molecule has 5 heteroatoms. The first-order valence-corrected chi connectivity index (χ1v) is 6.09. The van der Waals surface area contributed by atoms with Crippen molar-refractivity contribution in [2.45, 2.75) is 19.9 Å². The molecular formula is C14H12N4O. The standard InChI is InChI=1S/C14H12N4O/c1-2-3-6-9-18-16-14(15-17-18)13-10-11-7-4-5-8-12(11)19-13/h4-5,7-8,10H,2,9H2,1H3. The van der Waals surface area contributed by atoms with Crippen LogP contribution in [0.5, 0.6) is 0 Å². The molecule has 0 fully saturated rings. The highest BCUT2D eigenvalue weighted by molar-refractivity contribution is 5.81. The number of tetrazole rings is 1. The maximum Gasteiger partial charge on any atom is 0.240 e. The molecule has 94 valence electrons. The van der Waals surface area contributed by atoms with Gasteiger partial charge in [-0.2, -0.15) is 4.80 Å². The molecule has 2 heterocycles. The van der Waals surface area contributed by atoms with E-state index < -0.39 is 0 Å². The molecule has 0 N–H and O–H groups in total. The number of hydrogen-bond donors (Lipinski definition) is 0. The van der Waals surface area contributed by atoms with Crippen molar-refractivity contribution in [2.75, 3.05) is 0 Å². The lowest BCUT2D eigenvalue weighted by Gasteiger charge is -1.87. The van der Waals surface area contributed by atoms with Gasteiger partial charge in [0.2, 0.25) is 5.82 Å². The monoisotopic (exact) mass is 252 g/mol. The fourth-order valence-corrected chi connectivity index (χ4v) is 1.75. The number of nitrogens with zero attached hydrogens (tertiary/aromatic N) is 4. The Morgan fingerprint density at radius 1 is 1.26 bits per heavy atom. The lowest BCUT2D eigenvalue weighted by atomic mass is 10.2. The summed E-state index contributed by atoms with van der Waals surface area (Å²) in [5.41, 5.74) is 0.819. The van der Waals surface area contributed by atoms with Crippen molar-refractivity contribution in [3.8, 4) is 23.4 Å². The summed E-state index contributed by atoms with van der Waals surface area (Å²) < 4.78 is 5.68. The number of hydrogen-bond acceptors (Lipinski definition) is 4. The molecule has 0 aliphatic carbocycles. The molecule has 5 nitrogen and oxygen atoms in total. The second-order valence-corrected chi connectivity index (χ2v) is 4.00. The summed E-state index contributed by atoms with van der Waals surface area (Å²) >= 11 is 0. The fourth-order valence-electron chi connectivity index (χ4n) is 1.75. The minimum absolute atomic E-state index is 0.446. The maximum atomic E-state index is 5.68. The summed E-state index contributed by atoms with van der Waals surface area (Å²) in [5.74, 6) is 7.03. The van der Waals surface area contributed by atoms with Crippen LogP contribution in [0.1, 0.15) is 13.3 Å². The van der Waals surface area contributed by atoms with Crippen molar-refractivity contribution < 1.29 is 4.42 Å². The van der Waals surface area contributed by atoms with Crippen LogP contribution in [0, 0.1) is 11.8 Å². The van der Waals surface area contributed by atoms with Gasteiger partial charge < -0.3 is 4.42 Å². The third-order valence-corrected chi connectivity index (χ3v) is 2.62. The minimum Gasteiger partial charge on any atom is -0.453 e. The molecule has 0 aliphatic rings. The third-order valence-electron chi connectivity index (χ3n) is 2.62. The zero-order chi connectivity index (χ0) is 13.1. The van der Waals surface area contributed by atoms with E-state index in [-0.39, 0.29) is 0 Å². The zero-order valence-electron chi connectivity index (χ0n) is 10.5. The second kappa shape index (κ2) is 4.94. The first-order valence-electron chi connectivity index (χ1n) is 6.09. The molecular weight excluding hydrogens is 240 g/mol. The van der Waals surface area contributed by atoms with Crippen LogP contribution in [0.4, 0.5) is 0 Å². The Morgan fingerprint density at radius 2 is 2.16 bits per heavy atom. The maximum absolute atomic E-state index is 5.68. The van der Waals surface area contributed by atoms with Gasteiger partial charge in [0.25, 0.3) is 0 Å². The Morgan fingerprint density at radius 3 is 3.00 bits per heavy atom. The van der Waals surface area contributed by atoms with Crippen LogP contribution in [0.15, 0.2) is 34.7 Å². The summed E-state index contributed by atoms with van der Waals surface area (Å²) in [6.07, 6.45) is 0.825. The van der Waals surface area contributed by atoms with Gasteiger partial charge in [-0.15, -0.1) is 16.1 Å². The van der Waals surface area contributed by atoms with Crippen LogP contribution < -0.4 is 0 Å². The van der Waals surface area contributed by atoms with Crippen LogP contribution in [-0.2, 0) is 6.54 Å². The molecule has 0 saturated carbocycles. The van der Waals surface area contributed by atoms with Crippen molar-refractivity contribution in [2.24, 2.45) is 0 Å². The summed E-state index contributed by atoms with van der Waals surface area (Å²) in [6.45, 7) is 2.45. The van der Waals surface area contributed by atoms with Gasteiger partial charge >= 0.3 is 0 Å². The molecule has 0 saturated heterocycles. The predicted octanol–water partition coefficient (Wildman–Crippen LogP) is 2.50. The van der Waals surface area contributed by atoms with Gasteiger partial charge in [0, 0.05) is 11.8 Å². The van der Waals surface area contributed by atoms with E-state index in [1.54, 1.807) is 0 Å². The summed E-state index contributed by atoms with van der Waals surface area (Å²) in [6, 6.07) is 9.70. The molecule has 0 radical (unpaired) electrons. The Hall–Kier alpha value is -2.61. The molecule has 0 amide bonds. The predicted molar refractivity (Wildman–Crippen MR) is 71.1 cm³/mol. The van der Waals surface area contributed by atoms with Gasteiger partial charge in [-0.05, 0) is 17.3 Å². The third kappa shape index (κ3) is 2.33. The van der Waals surface area contributed by atoms with E-state index in [4.69, 9.17) is 4.42 Å². The molecule has 0 unspecified atom stereocenters. The van der Waals surface area contributed by atoms with E-state index in [1.807, 2.05) is 37.3 Å². The molecule has 19 heavy (non-hydrogen) atoms. The molecule has 3 rings (SSSR count). The second-order valence-electron chi connectivity index (χ2n) is 4.00. The Balaban J connectivity index is 1.89. The number of benzene rings is 1.